The second-order valence-electron chi connectivity index (χ2n) is 7.73. The standard InChI is InChI=1S/C22H35FN4O2S/c1-6-26(13-14-28-21-8-7-19(30-5)15-20(21)23)18-9-11-27(12-10-18)22(29-24-4)25-16-17(2)3/h7-8,15,17-18H,4,6,9-14,16H2,1-3,5H3. The van der Waals surface area contributed by atoms with Gasteiger partial charge >= 0.3 is 6.02 Å². The van der Waals surface area contributed by atoms with Gasteiger partial charge in [-0.3, -0.25) is 4.90 Å². The van der Waals surface area contributed by atoms with Crippen LogP contribution < -0.4 is 4.74 Å². The summed E-state index contributed by atoms with van der Waals surface area (Å²) in [7, 11) is 0. The number of amidine groups is 1. The fourth-order valence-electron chi connectivity index (χ4n) is 3.52. The third kappa shape index (κ3) is 7.47. The quantitative estimate of drug-likeness (QED) is 0.235. The maximum absolute atomic E-state index is 14.1. The Morgan fingerprint density at radius 2 is 2.10 bits per heavy atom. The van der Waals surface area contributed by atoms with Gasteiger partial charge in [0.2, 0.25) is 0 Å². The van der Waals surface area contributed by atoms with Gasteiger partial charge in [-0.25, -0.2) is 9.38 Å². The first kappa shape index (κ1) is 24.5. The molecule has 1 fully saturated rings. The highest BCUT2D eigenvalue weighted by molar-refractivity contribution is 7.98. The number of aliphatic imine (C=N–C) groups is 1. The van der Waals surface area contributed by atoms with E-state index in [-0.39, 0.29) is 5.82 Å². The number of likely N-dealkylation sites (N-methyl/N-ethyl adjacent to an activating group) is 1. The molecule has 0 aliphatic carbocycles. The number of thioether (sulfide) groups is 1. The lowest BCUT2D eigenvalue weighted by molar-refractivity contribution is 0.110. The summed E-state index contributed by atoms with van der Waals surface area (Å²) in [4.78, 5) is 15.3. The van der Waals surface area contributed by atoms with E-state index in [4.69, 9.17) is 9.57 Å². The molecule has 8 heteroatoms. The van der Waals surface area contributed by atoms with Crippen molar-refractivity contribution >= 4 is 24.5 Å². The number of ether oxygens (including phenoxy) is 1. The topological polar surface area (TPSA) is 49.7 Å². The van der Waals surface area contributed by atoms with Crippen molar-refractivity contribution in [1.29, 1.82) is 0 Å². The zero-order valence-electron chi connectivity index (χ0n) is 18.6. The van der Waals surface area contributed by atoms with Crippen molar-refractivity contribution in [2.45, 2.75) is 44.6 Å². The van der Waals surface area contributed by atoms with E-state index in [1.165, 1.54) is 17.8 Å². The molecule has 0 atom stereocenters. The van der Waals surface area contributed by atoms with Gasteiger partial charge in [-0.05, 0) is 49.8 Å². The van der Waals surface area contributed by atoms with Crippen molar-refractivity contribution in [1.82, 2.24) is 9.80 Å². The predicted octanol–water partition coefficient (Wildman–Crippen LogP) is 4.36. The van der Waals surface area contributed by atoms with Crippen LogP contribution in [0.15, 0.2) is 33.2 Å². The average molecular weight is 439 g/mol. The molecule has 2 rings (SSSR count). The molecule has 1 aromatic rings. The van der Waals surface area contributed by atoms with Crippen molar-refractivity contribution in [3.8, 4) is 5.75 Å². The average Bonchev–Trinajstić information content (AvgIpc) is 2.75. The maximum Gasteiger partial charge on any atom is 0.317 e. The summed E-state index contributed by atoms with van der Waals surface area (Å²) >= 11 is 1.52. The van der Waals surface area contributed by atoms with Gasteiger partial charge in [-0.15, -0.1) is 11.8 Å². The van der Waals surface area contributed by atoms with Crippen LogP contribution in [0.4, 0.5) is 4.39 Å². The van der Waals surface area contributed by atoms with Gasteiger partial charge in [0.25, 0.3) is 0 Å². The van der Waals surface area contributed by atoms with Crippen LogP contribution >= 0.6 is 11.8 Å². The third-order valence-electron chi connectivity index (χ3n) is 5.17. The minimum absolute atomic E-state index is 0.303. The summed E-state index contributed by atoms with van der Waals surface area (Å²) in [5.74, 6) is 0.476. The fraction of sp³-hybridized carbons (Fsp3) is 0.636. The summed E-state index contributed by atoms with van der Waals surface area (Å²) in [6, 6.07) is 6.14. The van der Waals surface area contributed by atoms with E-state index in [9.17, 15) is 4.39 Å². The number of likely N-dealkylation sites (tertiary alicyclic amines) is 1. The molecule has 0 saturated carbocycles. The molecule has 168 valence electrons. The smallest absolute Gasteiger partial charge is 0.317 e. The molecular formula is C22H35FN4O2S. The van der Waals surface area contributed by atoms with Gasteiger partial charge in [0.1, 0.15) is 6.61 Å². The van der Waals surface area contributed by atoms with Crippen LogP contribution in [0.2, 0.25) is 0 Å². The van der Waals surface area contributed by atoms with Crippen molar-refractivity contribution in [2.75, 3.05) is 45.6 Å². The van der Waals surface area contributed by atoms with E-state index >= 15 is 0 Å². The molecule has 0 amide bonds. The fourth-order valence-corrected chi connectivity index (χ4v) is 3.95. The lowest BCUT2D eigenvalue weighted by Crippen LogP contribution is -2.48. The number of piperidine rings is 1. The lowest BCUT2D eigenvalue weighted by Gasteiger charge is -2.38. The van der Waals surface area contributed by atoms with Gasteiger partial charge in [-0.1, -0.05) is 25.9 Å². The zero-order valence-corrected chi connectivity index (χ0v) is 19.5. The van der Waals surface area contributed by atoms with Crippen LogP contribution in [-0.4, -0.2) is 74.2 Å². The van der Waals surface area contributed by atoms with Crippen LogP contribution in [0, 0.1) is 11.7 Å². The molecule has 0 spiro atoms. The molecule has 1 heterocycles. The minimum Gasteiger partial charge on any atom is -0.489 e. The van der Waals surface area contributed by atoms with Crippen LogP contribution in [0.1, 0.15) is 33.6 Å². The van der Waals surface area contributed by atoms with Crippen LogP contribution in [0.25, 0.3) is 0 Å². The highest BCUT2D eigenvalue weighted by Gasteiger charge is 2.26. The number of hydrogen-bond donors (Lipinski definition) is 0. The van der Waals surface area contributed by atoms with Crippen LogP contribution in [0.3, 0.4) is 0 Å². The summed E-state index contributed by atoms with van der Waals surface area (Å²) < 4.78 is 19.8. The van der Waals surface area contributed by atoms with Gasteiger partial charge in [0.15, 0.2) is 11.6 Å². The van der Waals surface area contributed by atoms with E-state index in [0.29, 0.717) is 36.9 Å². The highest BCUT2D eigenvalue weighted by atomic mass is 32.2. The minimum atomic E-state index is -0.303. The van der Waals surface area contributed by atoms with Gasteiger partial charge in [0, 0.05) is 43.8 Å². The second kappa shape index (κ2) is 12.8. The third-order valence-corrected chi connectivity index (χ3v) is 5.90. The van der Waals surface area contributed by atoms with E-state index in [1.54, 1.807) is 6.07 Å². The van der Waals surface area contributed by atoms with Crippen molar-refractivity contribution < 1.29 is 14.0 Å². The van der Waals surface area contributed by atoms with Crippen LogP contribution in [-0.2, 0) is 4.84 Å². The van der Waals surface area contributed by atoms with Crippen molar-refractivity contribution in [3.05, 3.63) is 24.0 Å². The van der Waals surface area contributed by atoms with Crippen LogP contribution in [0.5, 0.6) is 5.75 Å². The first-order valence-electron chi connectivity index (χ1n) is 10.6. The lowest BCUT2D eigenvalue weighted by atomic mass is 10.0. The molecule has 0 unspecified atom stereocenters. The van der Waals surface area contributed by atoms with Gasteiger partial charge in [0.05, 0.1) is 0 Å². The Labute approximate surface area is 184 Å². The largest absolute Gasteiger partial charge is 0.489 e. The molecule has 1 aromatic carbocycles. The Balaban J connectivity index is 1.84. The SMILES string of the molecule is C=NOC(=NCC(C)C)N1CCC(N(CC)CCOc2ccc(SC)cc2F)CC1. The number of rotatable bonds is 10. The predicted molar refractivity (Wildman–Crippen MR) is 123 cm³/mol. The molecule has 6 nitrogen and oxygen atoms in total. The number of oxime groups is 1. The molecule has 0 N–H and O–H groups in total. The zero-order chi connectivity index (χ0) is 21.9. The normalized spacial score (nSPS) is 15.7. The molecule has 0 bridgehead atoms. The first-order valence-corrected chi connectivity index (χ1v) is 11.8. The Kier molecular flexibility index (Phi) is 10.4. The van der Waals surface area contributed by atoms with E-state index in [1.807, 2.05) is 12.3 Å². The summed E-state index contributed by atoms with van der Waals surface area (Å²) in [5.41, 5.74) is 0. The number of hydrogen-bond acceptors (Lipinski definition) is 6. The summed E-state index contributed by atoms with van der Waals surface area (Å²) in [6.07, 6.45) is 3.94. The Hall–Kier alpha value is -1.80. The monoisotopic (exact) mass is 438 g/mol. The second-order valence-corrected chi connectivity index (χ2v) is 8.61. The van der Waals surface area contributed by atoms with Gasteiger partial charge < -0.3 is 14.5 Å². The number of halogens is 1. The molecule has 1 saturated heterocycles. The van der Waals surface area contributed by atoms with Gasteiger partial charge in [-0.2, -0.15) is 0 Å². The van der Waals surface area contributed by atoms with E-state index in [2.05, 4.69) is 47.4 Å². The highest BCUT2D eigenvalue weighted by Crippen LogP contribution is 2.23. The number of nitrogens with zero attached hydrogens (tertiary/aromatic N) is 4. The molecule has 1 aliphatic rings. The Morgan fingerprint density at radius 1 is 1.37 bits per heavy atom. The molecular weight excluding hydrogens is 403 g/mol. The first-order chi connectivity index (χ1) is 14.5. The molecule has 0 aromatic heterocycles. The van der Waals surface area contributed by atoms with Crippen molar-refractivity contribution in [2.24, 2.45) is 16.1 Å². The molecule has 1 aliphatic heterocycles. The molecule has 0 radical (unpaired) electrons. The Morgan fingerprint density at radius 3 is 2.67 bits per heavy atom. The summed E-state index contributed by atoms with van der Waals surface area (Å²) in [6.45, 7) is 14.4. The maximum atomic E-state index is 14.1. The molecule has 30 heavy (non-hydrogen) atoms. The Bertz CT molecular complexity index is 694. The van der Waals surface area contributed by atoms with E-state index < -0.39 is 0 Å². The number of benzene rings is 1. The van der Waals surface area contributed by atoms with E-state index in [0.717, 1.165) is 43.9 Å². The summed E-state index contributed by atoms with van der Waals surface area (Å²) in [5, 5.41) is 3.57. The van der Waals surface area contributed by atoms with Crippen molar-refractivity contribution in [3.63, 3.8) is 0 Å².